The third kappa shape index (κ3) is 3.12. The molecule has 6 unspecified atom stereocenters. The Labute approximate surface area is 180 Å². The van der Waals surface area contributed by atoms with Gasteiger partial charge in [0.2, 0.25) is 0 Å². The van der Waals surface area contributed by atoms with Crippen molar-refractivity contribution in [3.8, 4) is 5.75 Å². The first-order valence-electron chi connectivity index (χ1n) is 11.5. The molecule has 6 atom stereocenters. The number of carbonyl (C=O) groups is 1. The van der Waals surface area contributed by atoms with Crippen molar-refractivity contribution in [1.29, 1.82) is 0 Å². The fourth-order valence-electron chi connectivity index (χ4n) is 6.87. The Hall–Kier alpha value is -2.04. The summed E-state index contributed by atoms with van der Waals surface area (Å²) in [7, 11) is 1.69. The molecule has 1 aliphatic heterocycles. The Balaban J connectivity index is 0.00000106. The quantitative estimate of drug-likeness (QED) is 0.566. The molecule has 3 aliphatic carbocycles. The van der Waals surface area contributed by atoms with E-state index in [9.17, 15) is 4.79 Å². The summed E-state index contributed by atoms with van der Waals surface area (Å²) in [5.74, 6) is 2.64. The predicted octanol–water partition coefficient (Wildman–Crippen LogP) is 5.89. The van der Waals surface area contributed by atoms with Gasteiger partial charge in [0.1, 0.15) is 18.5 Å². The number of fused-ring (bicyclic) bond motifs is 5. The normalized spacial score (nSPS) is 39.1. The summed E-state index contributed by atoms with van der Waals surface area (Å²) in [5.41, 5.74) is 2.74. The summed E-state index contributed by atoms with van der Waals surface area (Å²) in [6, 6.07) is 2.12. The maximum absolute atomic E-state index is 11.6. The van der Waals surface area contributed by atoms with Gasteiger partial charge in [0.15, 0.2) is 0 Å². The average molecular weight is 414 g/mol. The molecule has 1 aromatic rings. The smallest absolute Gasteiger partial charge is 0.495 e. The van der Waals surface area contributed by atoms with Gasteiger partial charge in [-0.2, -0.15) is 0 Å². The number of nitrogens with zero attached hydrogens (tertiary/aromatic N) is 1. The van der Waals surface area contributed by atoms with Crippen molar-refractivity contribution >= 4 is 11.7 Å². The highest BCUT2D eigenvalue weighted by atomic mass is 16.7. The summed E-state index contributed by atoms with van der Waals surface area (Å²) in [6.45, 7) is 9.22. The molecular weight excluding hydrogens is 378 g/mol. The van der Waals surface area contributed by atoms with Gasteiger partial charge in [-0.3, -0.25) is 4.98 Å². The summed E-state index contributed by atoms with van der Waals surface area (Å²) < 4.78 is 16.4. The number of pyridine rings is 1. The standard InChI is InChI=1S/C23H29NO4.C2H6/c1-22-9-8-19-16(4-7-20-23(19,2)13-27-21(25)28-20)18(22)6-5-17(22)14-10-15(26-3)12-24-11-14;1-2/h5,10-12,16,18-20H,4,6-9,13H2,1-3H3;1-2H3. The molecular formula is C25H35NO4. The lowest BCUT2D eigenvalue weighted by Crippen LogP contribution is -2.58. The number of carbonyl (C=O) groups excluding carboxylic acids is 1. The van der Waals surface area contributed by atoms with Crippen LogP contribution in [0.2, 0.25) is 0 Å². The minimum atomic E-state index is -0.489. The Bertz CT molecular complexity index is 836. The van der Waals surface area contributed by atoms with Crippen LogP contribution in [0.4, 0.5) is 4.79 Å². The van der Waals surface area contributed by atoms with E-state index in [2.05, 4.69) is 31.0 Å². The second-order valence-electron chi connectivity index (χ2n) is 9.53. The highest BCUT2D eigenvalue weighted by Crippen LogP contribution is 2.65. The SMILES string of the molecule is CC.COc1cncc(C2=CCC3C4CCC5OC(=O)OCC5(C)C4CCC23C)c1. The molecule has 0 spiro atoms. The van der Waals surface area contributed by atoms with Crippen LogP contribution in [0.25, 0.3) is 5.57 Å². The number of methoxy groups -OCH3 is 1. The van der Waals surface area contributed by atoms with Crippen LogP contribution in [0.3, 0.4) is 0 Å². The molecule has 0 N–H and O–H groups in total. The molecule has 2 saturated carbocycles. The Kier molecular flexibility index (Phi) is 5.58. The molecule has 0 amide bonds. The first-order chi connectivity index (χ1) is 14.5. The van der Waals surface area contributed by atoms with E-state index in [1.54, 1.807) is 13.3 Å². The molecule has 0 aromatic carbocycles. The van der Waals surface area contributed by atoms with E-state index in [-0.39, 0.29) is 16.9 Å². The molecule has 0 radical (unpaired) electrons. The van der Waals surface area contributed by atoms with Gasteiger partial charge in [0.05, 0.1) is 13.3 Å². The number of hydrogen-bond acceptors (Lipinski definition) is 5. The topological polar surface area (TPSA) is 57.7 Å². The van der Waals surface area contributed by atoms with E-state index >= 15 is 0 Å². The lowest BCUT2D eigenvalue weighted by molar-refractivity contribution is -0.179. The van der Waals surface area contributed by atoms with E-state index in [0.29, 0.717) is 24.4 Å². The number of cyclic esters (lactones) is 1. The predicted molar refractivity (Wildman–Crippen MR) is 116 cm³/mol. The van der Waals surface area contributed by atoms with Gasteiger partial charge in [-0.15, -0.1) is 0 Å². The molecule has 1 saturated heterocycles. The molecule has 5 rings (SSSR count). The van der Waals surface area contributed by atoms with Crippen molar-refractivity contribution in [2.24, 2.45) is 28.6 Å². The lowest BCUT2D eigenvalue weighted by Gasteiger charge is -2.58. The molecule has 0 bridgehead atoms. The van der Waals surface area contributed by atoms with Gasteiger partial charge in [-0.05, 0) is 72.5 Å². The maximum Gasteiger partial charge on any atom is 0.508 e. The highest BCUT2D eigenvalue weighted by molar-refractivity contribution is 5.73. The number of allylic oxidation sites excluding steroid dienone is 2. The lowest BCUT2D eigenvalue weighted by atomic mass is 9.48. The molecule has 164 valence electrons. The summed E-state index contributed by atoms with van der Waals surface area (Å²) >= 11 is 0. The molecule has 5 nitrogen and oxygen atoms in total. The van der Waals surface area contributed by atoms with Gasteiger partial charge in [0, 0.05) is 11.6 Å². The Morgan fingerprint density at radius 1 is 1.13 bits per heavy atom. The largest absolute Gasteiger partial charge is 0.508 e. The minimum Gasteiger partial charge on any atom is -0.495 e. The van der Waals surface area contributed by atoms with Crippen LogP contribution >= 0.6 is 0 Å². The molecule has 2 heterocycles. The number of hydrogen-bond donors (Lipinski definition) is 0. The molecule has 1 aromatic heterocycles. The maximum atomic E-state index is 11.6. The fourth-order valence-corrected chi connectivity index (χ4v) is 6.87. The number of aromatic nitrogens is 1. The van der Waals surface area contributed by atoms with Crippen LogP contribution in [0, 0.1) is 28.6 Å². The molecule has 5 heteroatoms. The van der Waals surface area contributed by atoms with Crippen LogP contribution in [-0.2, 0) is 9.47 Å². The van der Waals surface area contributed by atoms with Crippen molar-refractivity contribution in [3.63, 3.8) is 0 Å². The van der Waals surface area contributed by atoms with Crippen molar-refractivity contribution in [3.05, 3.63) is 30.1 Å². The van der Waals surface area contributed by atoms with E-state index < -0.39 is 6.16 Å². The van der Waals surface area contributed by atoms with E-state index in [0.717, 1.165) is 37.9 Å². The monoisotopic (exact) mass is 413 g/mol. The summed E-state index contributed by atoms with van der Waals surface area (Å²) in [4.78, 5) is 16.0. The van der Waals surface area contributed by atoms with Crippen molar-refractivity contribution in [1.82, 2.24) is 4.98 Å². The van der Waals surface area contributed by atoms with Crippen LogP contribution < -0.4 is 4.74 Å². The van der Waals surface area contributed by atoms with Crippen molar-refractivity contribution < 1.29 is 19.0 Å². The first kappa shape index (κ1) is 21.2. The fraction of sp³-hybridized carbons (Fsp3) is 0.680. The van der Waals surface area contributed by atoms with Crippen LogP contribution in [0.1, 0.15) is 65.4 Å². The Morgan fingerprint density at radius 2 is 1.93 bits per heavy atom. The molecule has 30 heavy (non-hydrogen) atoms. The van der Waals surface area contributed by atoms with E-state index in [1.165, 1.54) is 11.1 Å². The summed E-state index contributed by atoms with van der Waals surface area (Å²) in [5, 5.41) is 0. The number of rotatable bonds is 2. The number of ether oxygens (including phenoxy) is 3. The van der Waals surface area contributed by atoms with Gasteiger partial charge >= 0.3 is 6.16 Å². The second-order valence-corrected chi connectivity index (χ2v) is 9.53. The van der Waals surface area contributed by atoms with Crippen LogP contribution in [0.15, 0.2) is 24.5 Å². The van der Waals surface area contributed by atoms with Crippen LogP contribution in [-0.4, -0.2) is 31.0 Å². The minimum absolute atomic E-state index is 0.00998. The summed E-state index contributed by atoms with van der Waals surface area (Å²) in [6.07, 6.45) is 11.2. The van der Waals surface area contributed by atoms with E-state index in [4.69, 9.17) is 14.2 Å². The van der Waals surface area contributed by atoms with Crippen LogP contribution in [0.5, 0.6) is 5.75 Å². The zero-order valence-electron chi connectivity index (χ0n) is 18.9. The molecule has 3 fully saturated rings. The van der Waals surface area contributed by atoms with Gasteiger partial charge < -0.3 is 14.2 Å². The second kappa shape index (κ2) is 7.90. The Morgan fingerprint density at radius 3 is 2.70 bits per heavy atom. The van der Waals surface area contributed by atoms with Gasteiger partial charge in [0.25, 0.3) is 0 Å². The highest BCUT2D eigenvalue weighted by Gasteiger charge is 2.60. The zero-order valence-corrected chi connectivity index (χ0v) is 18.9. The first-order valence-corrected chi connectivity index (χ1v) is 11.5. The van der Waals surface area contributed by atoms with Crippen molar-refractivity contribution in [2.75, 3.05) is 13.7 Å². The van der Waals surface area contributed by atoms with E-state index in [1.807, 2.05) is 20.0 Å². The third-order valence-corrected chi connectivity index (χ3v) is 8.36. The van der Waals surface area contributed by atoms with Gasteiger partial charge in [-0.1, -0.05) is 33.8 Å². The van der Waals surface area contributed by atoms with Crippen molar-refractivity contribution in [2.45, 2.75) is 65.9 Å². The van der Waals surface area contributed by atoms with Gasteiger partial charge in [-0.25, -0.2) is 4.79 Å². The zero-order chi connectivity index (χ0) is 21.5. The third-order valence-electron chi connectivity index (χ3n) is 8.36. The molecule has 4 aliphatic rings. The average Bonchev–Trinajstić information content (AvgIpc) is 3.13.